The van der Waals surface area contributed by atoms with Crippen LogP contribution < -0.4 is 4.74 Å². The summed E-state index contributed by atoms with van der Waals surface area (Å²) in [6.07, 6.45) is 1.89. The minimum absolute atomic E-state index is 0.144. The molecule has 0 atom stereocenters. The number of phenolic OH excluding ortho intramolecular Hbond substituents is 1. The van der Waals surface area contributed by atoms with Gasteiger partial charge in [-0.15, -0.1) is 0 Å². The van der Waals surface area contributed by atoms with E-state index in [4.69, 9.17) is 4.74 Å². The zero-order valence-electron chi connectivity index (χ0n) is 12.7. The molecule has 2 N–H and O–H groups in total. The molecule has 0 radical (unpaired) electrons. The summed E-state index contributed by atoms with van der Waals surface area (Å²) in [5.41, 5.74) is 2.93. The molecule has 2 heterocycles. The van der Waals surface area contributed by atoms with Crippen molar-refractivity contribution in [3.63, 3.8) is 0 Å². The van der Waals surface area contributed by atoms with E-state index in [1.165, 1.54) is 6.07 Å². The highest BCUT2D eigenvalue weighted by Gasteiger charge is 2.24. The van der Waals surface area contributed by atoms with Gasteiger partial charge in [0.25, 0.3) is 0 Å². The molecule has 0 fully saturated rings. The number of ether oxygens (including phenoxy) is 1. The van der Waals surface area contributed by atoms with E-state index in [9.17, 15) is 14.7 Å². The maximum Gasteiger partial charge on any atom is 0.241 e. The Morgan fingerprint density at radius 3 is 2.72 bits per heavy atom. The number of aldehydes is 2. The molecule has 0 spiro atoms. The molecule has 0 unspecified atom stereocenters. The van der Waals surface area contributed by atoms with Crippen molar-refractivity contribution in [2.75, 3.05) is 0 Å². The predicted molar refractivity (Wildman–Crippen MR) is 93.5 cm³/mol. The lowest BCUT2D eigenvalue weighted by Gasteiger charge is -2.16. The van der Waals surface area contributed by atoms with Crippen LogP contribution in [0.5, 0.6) is 17.4 Å². The number of aromatic amines is 1. The molecule has 0 aliphatic carbocycles. The third kappa shape index (κ3) is 2.44. The Morgan fingerprint density at radius 2 is 1.96 bits per heavy atom. The molecule has 0 amide bonds. The Morgan fingerprint density at radius 1 is 1.16 bits per heavy atom. The van der Waals surface area contributed by atoms with Crippen LogP contribution in [0.4, 0.5) is 0 Å². The molecule has 124 valence electrons. The van der Waals surface area contributed by atoms with Crippen LogP contribution in [0.2, 0.25) is 0 Å². The van der Waals surface area contributed by atoms with Crippen molar-refractivity contribution in [1.82, 2.24) is 9.97 Å². The number of H-pyrrole nitrogens is 1. The lowest BCUT2D eigenvalue weighted by Crippen LogP contribution is -2.04. The molecule has 0 saturated carbocycles. The van der Waals surface area contributed by atoms with Crippen molar-refractivity contribution in [3.05, 3.63) is 57.2 Å². The zero-order chi connectivity index (χ0) is 17.6. The number of fused-ring (bicyclic) bond motifs is 2. The fraction of sp³-hybridized carbons (Fsp3) is 0.0556. The van der Waals surface area contributed by atoms with Crippen LogP contribution in [0.3, 0.4) is 0 Å². The van der Waals surface area contributed by atoms with Gasteiger partial charge in [0.2, 0.25) is 5.88 Å². The van der Waals surface area contributed by atoms with Gasteiger partial charge in [-0.05, 0) is 34.1 Å². The van der Waals surface area contributed by atoms with Gasteiger partial charge in [0.15, 0.2) is 12.6 Å². The maximum absolute atomic E-state index is 11.2. The minimum atomic E-state index is -0.144. The van der Waals surface area contributed by atoms with Gasteiger partial charge in [-0.1, -0.05) is 12.1 Å². The number of nitrogens with zero attached hydrogens (tertiary/aromatic N) is 1. The molecule has 0 saturated heterocycles. The summed E-state index contributed by atoms with van der Waals surface area (Å²) >= 11 is 3.30. The second-order valence-electron chi connectivity index (χ2n) is 5.58. The summed E-state index contributed by atoms with van der Waals surface area (Å²) in [5, 5.41) is 10.1. The quantitative estimate of drug-likeness (QED) is 0.511. The Hall–Kier alpha value is -2.93. The first-order valence-electron chi connectivity index (χ1n) is 7.43. The predicted octanol–water partition coefficient (Wildman–Crippen LogP) is 3.87. The van der Waals surface area contributed by atoms with E-state index in [-0.39, 0.29) is 11.3 Å². The molecule has 2 aromatic carbocycles. The second kappa shape index (κ2) is 5.86. The third-order valence-corrected chi connectivity index (χ3v) is 4.89. The van der Waals surface area contributed by atoms with Crippen LogP contribution in [0.15, 0.2) is 34.8 Å². The standard InChI is InChI=1S/C18H11BrN2O4/c19-14-12(5-4-10(7-22)15(14)24)17-20-13-6-9-2-1-3-11(8-23)16(9)25-18(13)21-17/h1-5,7-8,24H,6H2,(H,20,21). The lowest BCUT2D eigenvalue weighted by molar-refractivity contribution is 0.111. The Bertz CT molecular complexity index is 1030. The second-order valence-corrected chi connectivity index (χ2v) is 6.38. The monoisotopic (exact) mass is 398 g/mol. The van der Waals surface area contributed by atoms with Gasteiger partial charge < -0.3 is 14.8 Å². The highest BCUT2D eigenvalue weighted by molar-refractivity contribution is 9.10. The van der Waals surface area contributed by atoms with Gasteiger partial charge >= 0.3 is 0 Å². The van der Waals surface area contributed by atoms with Crippen LogP contribution in [-0.4, -0.2) is 27.6 Å². The normalized spacial score (nSPS) is 12.0. The van der Waals surface area contributed by atoms with Crippen molar-refractivity contribution in [1.29, 1.82) is 0 Å². The highest BCUT2D eigenvalue weighted by Crippen LogP contribution is 2.41. The highest BCUT2D eigenvalue weighted by atomic mass is 79.9. The summed E-state index contributed by atoms with van der Waals surface area (Å²) in [4.78, 5) is 29.7. The van der Waals surface area contributed by atoms with Gasteiger partial charge in [0.1, 0.15) is 17.3 Å². The van der Waals surface area contributed by atoms with Gasteiger partial charge in [0.05, 0.1) is 21.3 Å². The van der Waals surface area contributed by atoms with E-state index in [0.717, 1.165) is 17.5 Å². The van der Waals surface area contributed by atoms with Crippen molar-refractivity contribution in [3.8, 4) is 28.8 Å². The molecule has 1 aromatic heterocycles. The third-order valence-electron chi connectivity index (χ3n) is 4.09. The molecule has 0 bridgehead atoms. The molecule has 4 rings (SSSR count). The van der Waals surface area contributed by atoms with E-state index in [2.05, 4.69) is 25.9 Å². The number of rotatable bonds is 3. The molecular formula is C18H11BrN2O4. The Balaban J connectivity index is 1.78. The topological polar surface area (TPSA) is 92.3 Å². The average Bonchev–Trinajstić information content (AvgIpc) is 3.04. The van der Waals surface area contributed by atoms with Crippen molar-refractivity contribution in [2.24, 2.45) is 0 Å². The first-order chi connectivity index (χ1) is 12.1. The van der Waals surface area contributed by atoms with Gasteiger partial charge in [-0.3, -0.25) is 9.59 Å². The van der Waals surface area contributed by atoms with E-state index in [0.29, 0.717) is 45.8 Å². The molecule has 25 heavy (non-hydrogen) atoms. The molecule has 7 heteroatoms. The van der Waals surface area contributed by atoms with Crippen molar-refractivity contribution < 1.29 is 19.4 Å². The number of nitrogens with one attached hydrogen (secondary N) is 1. The molecule has 3 aromatic rings. The maximum atomic E-state index is 11.2. The van der Waals surface area contributed by atoms with E-state index < -0.39 is 0 Å². The molecule has 1 aliphatic heterocycles. The number of aromatic nitrogens is 2. The SMILES string of the molecule is O=Cc1ccc(-c2nc3c([nH]2)Cc2cccc(C=O)c2O3)c(Br)c1O. The number of carbonyl (C=O) groups excluding carboxylic acids is 2. The number of benzene rings is 2. The van der Waals surface area contributed by atoms with Crippen molar-refractivity contribution >= 4 is 28.5 Å². The zero-order valence-corrected chi connectivity index (χ0v) is 14.3. The number of halogens is 1. The van der Waals surface area contributed by atoms with Crippen molar-refractivity contribution in [2.45, 2.75) is 6.42 Å². The average molecular weight is 399 g/mol. The number of hydrogen-bond acceptors (Lipinski definition) is 5. The Labute approximate surface area is 150 Å². The number of hydrogen-bond donors (Lipinski definition) is 2. The number of phenols is 1. The first kappa shape index (κ1) is 15.6. The van der Waals surface area contributed by atoms with Crippen LogP contribution in [0, 0.1) is 0 Å². The molecule has 6 nitrogen and oxygen atoms in total. The largest absolute Gasteiger partial charge is 0.506 e. The van der Waals surface area contributed by atoms with Gasteiger partial charge in [0, 0.05) is 17.5 Å². The fourth-order valence-electron chi connectivity index (χ4n) is 2.83. The smallest absolute Gasteiger partial charge is 0.241 e. The fourth-order valence-corrected chi connectivity index (χ4v) is 3.38. The number of imidazole rings is 1. The van der Waals surface area contributed by atoms with Gasteiger partial charge in [-0.2, -0.15) is 4.98 Å². The summed E-state index contributed by atoms with van der Waals surface area (Å²) in [6, 6.07) is 8.59. The summed E-state index contributed by atoms with van der Waals surface area (Å²) in [5.74, 6) is 1.25. The van der Waals surface area contributed by atoms with E-state index in [1.807, 2.05) is 6.07 Å². The van der Waals surface area contributed by atoms with E-state index in [1.54, 1.807) is 18.2 Å². The summed E-state index contributed by atoms with van der Waals surface area (Å²) < 4.78 is 6.18. The summed E-state index contributed by atoms with van der Waals surface area (Å²) in [6.45, 7) is 0. The molecular weight excluding hydrogens is 388 g/mol. The van der Waals surface area contributed by atoms with Crippen LogP contribution in [0.25, 0.3) is 11.4 Å². The number of aromatic hydroxyl groups is 1. The lowest BCUT2D eigenvalue weighted by atomic mass is 10.0. The molecule has 1 aliphatic rings. The number of para-hydroxylation sites is 1. The van der Waals surface area contributed by atoms with Crippen LogP contribution in [-0.2, 0) is 6.42 Å². The number of carbonyl (C=O) groups is 2. The minimum Gasteiger partial charge on any atom is -0.506 e. The first-order valence-corrected chi connectivity index (χ1v) is 8.22. The van der Waals surface area contributed by atoms with Gasteiger partial charge in [-0.25, -0.2) is 0 Å². The Kier molecular flexibility index (Phi) is 3.65. The summed E-state index contributed by atoms with van der Waals surface area (Å²) in [7, 11) is 0. The van der Waals surface area contributed by atoms with Crippen LogP contribution in [0.1, 0.15) is 32.0 Å². The van der Waals surface area contributed by atoms with Crippen LogP contribution >= 0.6 is 15.9 Å². The van der Waals surface area contributed by atoms with E-state index >= 15 is 0 Å².